The predicted octanol–water partition coefficient (Wildman–Crippen LogP) is 2.69. The lowest BCUT2D eigenvalue weighted by atomic mass is 9.99. The summed E-state index contributed by atoms with van der Waals surface area (Å²) in [6.45, 7) is 4.65. The van der Waals surface area contributed by atoms with E-state index < -0.39 is 0 Å². The van der Waals surface area contributed by atoms with Crippen LogP contribution in [0.25, 0.3) is 0 Å². The summed E-state index contributed by atoms with van der Waals surface area (Å²) in [7, 11) is 0. The molecule has 0 radical (unpaired) electrons. The van der Waals surface area contributed by atoms with Crippen molar-refractivity contribution in [2.75, 3.05) is 6.61 Å². The van der Waals surface area contributed by atoms with Gasteiger partial charge in [-0.15, -0.1) is 0 Å². The molecular weight excluding hydrogens is 164 g/mol. The molecule has 0 aromatic rings. The Hall–Kier alpha value is -0.790. The van der Waals surface area contributed by atoms with E-state index >= 15 is 0 Å². The van der Waals surface area contributed by atoms with E-state index in [4.69, 9.17) is 4.74 Å². The molecule has 0 saturated carbocycles. The number of ketones is 1. The van der Waals surface area contributed by atoms with Crippen LogP contribution in [0.3, 0.4) is 0 Å². The van der Waals surface area contributed by atoms with E-state index in [1.165, 1.54) is 0 Å². The average molecular weight is 182 g/mol. The number of hydrogen-bond donors (Lipinski definition) is 0. The molecule has 0 aliphatic heterocycles. The molecule has 0 N–H and O–H groups in total. The summed E-state index contributed by atoms with van der Waals surface area (Å²) in [4.78, 5) is 11.6. The van der Waals surface area contributed by atoms with Crippen LogP contribution in [-0.2, 0) is 9.53 Å². The van der Waals surface area contributed by atoms with Gasteiger partial charge in [0.05, 0.1) is 6.61 Å². The van der Waals surface area contributed by atoms with Crippen LogP contribution in [0.4, 0.5) is 0 Å². The van der Waals surface area contributed by atoms with Gasteiger partial charge < -0.3 is 4.74 Å². The van der Waals surface area contributed by atoms with Gasteiger partial charge in [0, 0.05) is 5.92 Å². The molecule has 1 aliphatic carbocycles. The SMILES string of the molecule is CCCCC1CC=C(OCC)C1=O. The number of hydrogen-bond acceptors (Lipinski definition) is 2. The van der Waals surface area contributed by atoms with E-state index in [0.29, 0.717) is 12.4 Å². The molecule has 13 heavy (non-hydrogen) atoms. The predicted molar refractivity (Wildman–Crippen MR) is 52.3 cm³/mol. The van der Waals surface area contributed by atoms with Gasteiger partial charge >= 0.3 is 0 Å². The van der Waals surface area contributed by atoms with E-state index in [1.54, 1.807) is 0 Å². The molecule has 1 atom stereocenters. The average Bonchev–Trinajstić information content (AvgIpc) is 2.46. The first-order valence-corrected chi connectivity index (χ1v) is 5.16. The van der Waals surface area contributed by atoms with Crippen molar-refractivity contribution in [1.29, 1.82) is 0 Å². The van der Waals surface area contributed by atoms with Crippen molar-refractivity contribution in [1.82, 2.24) is 0 Å². The molecule has 0 fully saturated rings. The van der Waals surface area contributed by atoms with Crippen molar-refractivity contribution in [3.63, 3.8) is 0 Å². The molecule has 0 saturated heterocycles. The Morgan fingerprint density at radius 3 is 2.92 bits per heavy atom. The zero-order valence-corrected chi connectivity index (χ0v) is 8.51. The van der Waals surface area contributed by atoms with Crippen LogP contribution in [0.2, 0.25) is 0 Å². The van der Waals surface area contributed by atoms with Gasteiger partial charge in [0.25, 0.3) is 0 Å². The van der Waals surface area contributed by atoms with E-state index in [1.807, 2.05) is 13.0 Å². The highest BCUT2D eigenvalue weighted by Gasteiger charge is 2.27. The summed E-state index contributed by atoms with van der Waals surface area (Å²) < 4.78 is 5.24. The Balaban J connectivity index is 2.37. The third-order valence-corrected chi connectivity index (χ3v) is 2.41. The molecule has 0 amide bonds. The standard InChI is InChI=1S/C11H18O2/c1-3-5-6-9-7-8-10(11(9)12)13-4-2/h8-9H,3-7H2,1-2H3. The lowest BCUT2D eigenvalue weighted by Crippen LogP contribution is -2.11. The number of carbonyl (C=O) groups excluding carboxylic acids is 1. The van der Waals surface area contributed by atoms with Crippen LogP contribution in [0.15, 0.2) is 11.8 Å². The van der Waals surface area contributed by atoms with Crippen molar-refractivity contribution >= 4 is 5.78 Å². The number of ether oxygens (including phenoxy) is 1. The van der Waals surface area contributed by atoms with Gasteiger partial charge in [-0.05, 0) is 25.8 Å². The van der Waals surface area contributed by atoms with Crippen molar-refractivity contribution < 1.29 is 9.53 Å². The third-order valence-electron chi connectivity index (χ3n) is 2.41. The van der Waals surface area contributed by atoms with Crippen LogP contribution in [0, 0.1) is 5.92 Å². The second-order valence-electron chi connectivity index (χ2n) is 3.44. The summed E-state index contributed by atoms with van der Waals surface area (Å²) in [6.07, 6.45) is 6.14. The molecule has 2 nitrogen and oxygen atoms in total. The van der Waals surface area contributed by atoms with Crippen molar-refractivity contribution in [2.24, 2.45) is 5.92 Å². The highest BCUT2D eigenvalue weighted by atomic mass is 16.5. The minimum Gasteiger partial charge on any atom is -0.490 e. The van der Waals surface area contributed by atoms with Gasteiger partial charge in [-0.25, -0.2) is 0 Å². The Bertz CT molecular complexity index is 206. The largest absolute Gasteiger partial charge is 0.490 e. The van der Waals surface area contributed by atoms with Crippen molar-refractivity contribution in [3.05, 3.63) is 11.8 Å². The zero-order valence-electron chi connectivity index (χ0n) is 8.51. The third kappa shape index (κ3) is 2.58. The molecular formula is C11H18O2. The molecule has 1 unspecified atom stereocenters. The van der Waals surface area contributed by atoms with Crippen LogP contribution < -0.4 is 0 Å². The van der Waals surface area contributed by atoms with Gasteiger partial charge in [0.1, 0.15) is 0 Å². The highest BCUT2D eigenvalue weighted by molar-refractivity contribution is 5.97. The zero-order chi connectivity index (χ0) is 9.68. The van der Waals surface area contributed by atoms with Gasteiger partial charge in [-0.1, -0.05) is 19.8 Å². The van der Waals surface area contributed by atoms with Crippen LogP contribution >= 0.6 is 0 Å². The quantitative estimate of drug-likeness (QED) is 0.653. The van der Waals surface area contributed by atoms with Crippen molar-refractivity contribution in [3.8, 4) is 0 Å². The summed E-state index contributed by atoms with van der Waals surface area (Å²) in [5.41, 5.74) is 0. The Morgan fingerprint density at radius 1 is 1.54 bits per heavy atom. The molecule has 0 aromatic heterocycles. The fourth-order valence-corrected chi connectivity index (χ4v) is 1.64. The number of carbonyl (C=O) groups is 1. The summed E-state index contributed by atoms with van der Waals surface area (Å²) in [5, 5.41) is 0. The molecule has 2 heteroatoms. The molecule has 0 heterocycles. The number of rotatable bonds is 5. The molecule has 74 valence electrons. The van der Waals surface area contributed by atoms with Gasteiger partial charge in [-0.3, -0.25) is 4.79 Å². The fraction of sp³-hybridized carbons (Fsp3) is 0.727. The highest BCUT2D eigenvalue weighted by Crippen LogP contribution is 2.26. The second kappa shape index (κ2) is 5.05. The van der Waals surface area contributed by atoms with E-state index in [2.05, 4.69) is 6.92 Å². The maximum atomic E-state index is 11.6. The maximum absolute atomic E-state index is 11.6. The van der Waals surface area contributed by atoms with Crippen LogP contribution in [0.1, 0.15) is 39.5 Å². The summed E-state index contributed by atoms with van der Waals surface area (Å²) in [6, 6.07) is 0. The summed E-state index contributed by atoms with van der Waals surface area (Å²) >= 11 is 0. The van der Waals surface area contributed by atoms with Gasteiger partial charge in [0.2, 0.25) is 0 Å². The van der Waals surface area contributed by atoms with E-state index in [-0.39, 0.29) is 11.7 Å². The summed E-state index contributed by atoms with van der Waals surface area (Å²) in [5.74, 6) is 1.03. The minimum absolute atomic E-state index is 0.210. The first-order valence-electron chi connectivity index (χ1n) is 5.16. The Kier molecular flexibility index (Phi) is 4.00. The molecule has 0 spiro atoms. The number of unbranched alkanes of at least 4 members (excludes halogenated alkanes) is 1. The van der Waals surface area contributed by atoms with Crippen LogP contribution in [0.5, 0.6) is 0 Å². The molecule has 0 bridgehead atoms. The molecule has 0 aromatic carbocycles. The van der Waals surface area contributed by atoms with Crippen LogP contribution in [-0.4, -0.2) is 12.4 Å². The van der Waals surface area contributed by atoms with Gasteiger partial charge in [0.15, 0.2) is 11.5 Å². The maximum Gasteiger partial charge on any atom is 0.200 e. The number of allylic oxidation sites excluding steroid dienone is 2. The van der Waals surface area contributed by atoms with E-state index in [9.17, 15) is 4.79 Å². The molecule has 1 aliphatic rings. The number of Topliss-reactive ketones (excluding diaryl/α,β-unsaturated/α-hetero) is 1. The lowest BCUT2D eigenvalue weighted by Gasteiger charge is -2.07. The van der Waals surface area contributed by atoms with E-state index in [0.717, 1.165) is 25.7 Å². The topological polar surface area (TPSA) is 26.3 Å². The minimum atomic E-state index is 0.210. The first-order chi connectivity index (χ1) is 6.29. The monoisotopic (exact) mass is 182 g/mol. The first kappa shape index (κ1) is 10.3. The second-order valence-corrected chi connectivity index (χ2v) is 3.44. The lowest BCUT2D eigenvalue weighted by molar-refractivity contribution is -0.121. The fourth-order valence-electron chi connectivity index (χ4n) is 1.64. The normalized spacial score (nSPS) is 21.8. The Morgan fingerprint density at radius 2 is 2.31 bits per heavy atom. The smallest absolute Gasteiger partial charge is 0.200 e. The van der Waals surface area contributed by atoms with Gasteiger partial charge in [-0.2, -0.15) is 0 Å². The Labute approximate surface area is 80.0 Å². The van der Waals surface area contributed by atoms with Crippen molar-refractivity contribution in [2.45, 2.75) is 39.5 Å². The molecule has 1 rings (SSSR count).